The highest BCUT2D eigenvalue weighted by Crippen LogP contribution is 2.51. The molecule has 182 valence electrons. The van der Waals surface area contributed by atoms with Crippen LogP contribution in [0, 0.1) is 6.67 Å². The predicted octanol–water partition coefficient (Wildman–Crippen LogP) is 6.86. The Morgan fingerprint density at radius 2 is 1.11 bits per heavy atom. The second-order valence-electron chi connectivity index (χ2n) is 9.21. The summed E-state index contributed by atoms with van der Waals surface area (Å²) in [6.45, 7) is 7.84. The molecule has 2 radical (unpaired) electrons. The SMILES string of the molecule is CC(C)c1ccccc1N1[C]N(c2ccccc2S(=O)(=O)O)[C@@H](c2ccccc2)[C@@H]1c1ccccc1. The molecule has 0 unspecified atom stereocenters. The molecule has 0 saturated carbocycles. The standard InChI is InChI=1S/C30H28N2O3S/c1-22(2)25-17-9-10-18-26(25)31-21-32(27-19-11-12-20-28(27)36(33,34)35)30(24-15-7-4-8-16-24)29(31)23-13-5-3-6-14-23/h3-20,22,29-30H,1-2H3,(H,33,34,35)/t29-,30-/m0/s1. The van der Waals surface area contributed by atoms with Gasteiger partial charge < -0.3 is 9.80 Å². The second kappa shape index (κ2) is 9.80. The summed E-state index contributed by atoms with van der Waals surface area (Å²) < 4.78 is 34.8. The molecular weight excluding hydrogens is 468 g/mol. The topological polar surface area (TPSA) is 60.9 Å². The van der Waals surface area contributed by atoms with E-state index in [1.165, 1.54) is 11.6 Å². The highest BCUT2D eigenvalue weighted by atomic mass is 32.2. The van der Waals surface area contributed by atoms with Crippen LogP contribution in [0.5, 0.6) is 0 Å². The smallest absolute Gasteiger partial charge is 0.296 e. The summed E-state index contributed by atoms with van der Waals surface area (Å²) in [5.74, 6) is 0.272. The summed E-state index contributed by atoms with van der Waals surface area (Å²) in [4.78, 5) is 3.82. The van der Waals surface area contributed by atoms with Crippen LogP contribution in [0.15, 0.2) is 114 Å². The number of benzene rings is 4. The number of hydrogen-bond acceptors (Lipinski definition) is 4. The van der Waals surface area contributed by atoms with E-state index in [-0.39, 0.29) is 22.9 Å². The van der Waals surface area contributed by atoms with Gasteiger partial charge in [-0.25, -0.2) is 0 Å². The quantitative estimate of drug-likeness (QED) is 0.295. The van der Waals surface area contributed by atoms with Gasteiger partial charge in [-0.15, -0.1) is 0 Å². The van der Waals surface area contributed by atoms with Crippen LogP contribution in [0.25, 0.3) is 0 Å². The van der Waals surface area contributed by atoms with Crippen LogP contribution in [0.2, 0.25) is 0 Å². The summed E-state index contributed by atoms with van der Waals surface area (Å²) in [6.07, 6.45) is 0. The van der Waals surface area contributed by atoms with Gasteiger partial charge in [-0.3, -0.25) is 4.55 Å². The van der Waals surface area contributed by atoms with Gasteiger partial charge in [-0.1, -0.05) is 105 Å². The maximum atomic E-state index is 12.4. The lowest BCUT2D eigenvalue weighted by Gasteiger charge is -2.31. The Labute approximate surface area is 213 Å². The van der Waals surface area contributed by atoms with E-state index in [9.17, 15) is 13.0 Å². The molecule has 1 aliphatic heterocycles. The molecule has 0 bridgehead atoms. The van der Waals surface area contributed by atoms with Crippen molar-refractivity contribution in [1.29, 1.82) is 0 Å². The molecule has 5 nitrogen and oxygen atoms in total. The van der Waals surface area contributed by atoms with Crippen LogP contribution in [-0.2, 0) is 10.1 Å². The van der Waals surface area contributed by atoms with E-state index in [0.717, 1.165) is 16.8 Å². The van der Waals surface area contributed by atoms with Crippen LogP contribution in [-0.4, -0.2) is 13.0 Å². The minimum absolute atomic E-state index is 0.149. The van der Waals surface area contributed by atoms with Crippen LogP contribution in [0.4, 0.5) is 11.4 Å². The molecule has 2 atom stereocenters. The van der Waals surface area contributed by atoms with Gasteiger partial charge in [-0.2, -0.15) is 8.42 Å². The molecule has 4 aromatic carbocycles. The lowest BCUT2D eigenvalue weighted by molar-refractivity contribution is 0.483. The van der Waals surface area contributed by atoms with Gasteiger partial charge in [0.1, 0.15) is 4.90 Å². The van der Waals surface area contributed by atoms with E-state index in [1.54, 1.807) is 18.2 Å². The van der Waals surface area contributed by atoms with Crippen molar-refractivity contribution in [3.63, 3.8) is 0 Å². The van der Waals surface area contributed by atoms with E-state index in [1.807, 2.05) is 65.6 Å². The Hall–Kier alpha value is -3.61. The molecule has 0 aromatic heterocycles. The number of rotatable bonds is 6. The third-order valence-electron chi connectivity index (χ3n) is 6.57. The second-order valence-corrected chi connectivity index (χ2v) is 10.6. The van der Waals surface area contributed by atoms with Crippen LogP contribution < -0.4 is 9.80 Å². The first-order valence-corrected chi connectivity index (χ1v) is 13.4. The first kappa shape index (κ1) is 24.1. The summed E-state index contributed by atoms with van der Waals surface area (Å²) >= 11 is 0. The molecule has 1 N–H and O–H groups in total. The van der Waals surface area contributed by atoms with Gasteiger partial charge in [0, 0.05) is 5.69 Å². The van der Waals surface area contributed by atoms with E-state index >= 15 is 0 Å². The molecule has 1 saturated heterocycles. The van der Waals surface area contributed by atoms with Crippen LogP contribution >= 0.6 is 0 Å². The van der Waals surface area contributed by atoms with E-state index in [2.05, 4.69) is 49.7 Å². The largest absolute Gasteiger partial charge is 0.331 e. The van der Waals surface area contributed by atoms with Crippen molar-refractivity contribution in [3.8, 4) is 0 Å². The Morgan fingerprint density at radius 1 is 0.667 bits per heavy atom. The third-order valence-corrected chi connectivity index (χ3v) is 7.48. The van der Waals surface area contributed by atoms with Gasteiger partial charge >= 0.3 is 0 Å². The number of para-hydroxylation sites is 2. The van der Waals surface area contributed by atoms with E-state index < -0.39 is 10.1 Å². The highest BCUT2D eigenvalue weighted by Gasteiger charge is 2.45. The van der Waals surface area contributed by atoms with Crippen molar-refractivity contribution >= 4 is 21.5 Å². The zero-order valence-electron chi connectivity index (χ0n) is 20.2. The van der Waals surface area contributed by atoms with Gasteiger partial charge in [0.25, 0.3) is 10.1 Å². The average molecular weight is 497 g/mol. The Balaban J connectivity index is 1.77. The zero-order valence-corrected chi connectivity index (χ0v) is 21.0. The molecular formula is C30H28N2O3S. The van der Waals surface area contributed by atoms with Gasteiger partial charge in [0.2, 0.25) is 6.67 Å². The minimum atomic E-state index is -4.46. The average Bonchev–Trinajstić information content (AvgIpc) is 3.29. The van der Waals surface area contributed by atoms with Crippen molar-refractivity contribution in [2.24, 2.45) is 0 Å². The molecule has 1 heterocycles. The van der Waals surface area contributed by atoms with E-state index in [0.29, 0.717) is 5.69 Å². The molecule has 0 spiro atoms. The molecule has 6 heteroatoms. The fraction of sp³-hybridized carbons (Fsp3) is 0.167. The van der Waals surface area contributed by atoms with E-state index in [4.69, 9.17) is 0 Å². The Morgan fingerprint density at radius 3 is 1.64 bits per heavy atom. The van der Waals surface area contributed by atoms with Crippen molar-refractivity contribution in [2.45, 2.75) is 36.7 Å². The summed E-state index contributed by atoms with van der Waals surface area (Å²) in [5, 5.41) is 0. The van der Waals surface area contributed by atoms with Gasteiger partial charge in [-0.05, 0) is 40.8 Å². The van der Waals surface area contributed by atoms with Crippen molar-refractivity contribution < 1.29 is 13.0 Å². The zero-order chi connectivity index (χ0) is 25.3. The number of anilines is 2. The Kier molecular flexibility index (Phi) is 6.56. The van der Waals surface area contributed by atoms with Crippen LogP contribution in [0.3, 0.4) is 0 Å². The summed E-state index contributed by atoms with van der Waals surface area (Å²) in [5.41, 5.74) is 4.63. The molecule has 4 aromatic rings. The van der Waals surface area contributed by atoms with Crippen molar-refractivity contribution in [2.75, 3.05) is 9.80 Å². The molecule has 0 amide bonds. The maximum absolute atomic E-state index is 12.4. The monoisotopic (exact) mass is 496 g/mol. The number of nitrogens with zero attached hydrogens (tertiary/aromatic N) is 2. The molecule has 1 fully saturated rings. The fourth-order valence-electron chi connectivity index (χ4n) is 4.96. The normalized spacial score (nSPS) is 18.1. The lowest BCUT2D eigenvalue weighted by atomic mass is 9.91. The molecule has 1 aliphatic rings. The third kappa shape index (κ3) is 4.50. The van der Waals surface area contributed by atoms with Crippen molar-refractivity contribution in [1.82, 2.24) is 0 Å². The van der Waals surface area contributed by atoms with Gasteiger partial charge in [0.05, 0.1) is 17.8 Å². The summed E-state index contributed by atoms with van der Waals surface area (Å²) in [7, 11) is -4.46. The molecule has 5 rings (SSSR count). The Bertz CT molecular complexity index is 1440. The lowest BCUT2D eigenvalue weighted by Crippen LogP contribution is -2.25. The maximum Gasteiger partial charge on any atom is 0.296 e. The van der Waals surface area contributed by atoms with Crippen LogP contribution in [0.1, 0.15) is 48.5 Å². The number of hydrogen-bond donors (Lipinski definition) is 1. The fourth-order valence-corrected chi connectivity index (χ4v) is 5.64. The van der Waals surface area contributed by atoms with Crippen molar-refractivity contribution in [3.05, 3.63) is 133 Å². The van der Waals surface area contributed by atoms with Gasteiger partial charge in [0.15, 0.2) is 0 Å². The molecule has 36 heavy (non-hydrogen) atoms. The minimum Gasteiger partial charge on any atom is -0.331 e. The summed E-state index contributed by atoms with van der Waals surface area (Å²) in [6, 6.07) is 34.5. The predicted molar refractivity (Wildman–Crippen MR) is 143 cm³/mol. The molecule has 0 aliphatic carbocycles. The first-order chi connectivity index (χ1) is 17.4. The highest BCUT2D eigenvalue weighted by molar-refractivity contribution is 7.86. The first-order valence-electron chi connectivity index (χ1n) is 12.0.